The van der Waals surface area contributed by atoms with Crippen molar-refractivity contribution in [2.75, 3.05) is 0 Å². The Morgan fingerprint density at radius 1 is 0.925 bits per heavy atom. The summed E-state index contributed by atoms with van der Waals surface area (Å²) in [7, 11) is 1.87. The van der Waals surface area contributed by atoms with Crippen LogP contribution >= 0.6 is 0 Å². The number of para-hydroxylation sites is 1. The zero-order valence-electron chi connectivity index (χ0n) is 22.4. The number of carbonyl (C=O) groups is 1. The quantitative estimate of drug-likeness (QED) is 0.297. The predicted molar refractivity (Wildman–Crippen MR) is 157 cm³/mol. The number of amides is 1. The lowest BCUT2D eigenvalue weighted by molar-refractivity contribution is 0.0940. The van der Waals surface area contributed by atoms with E-state index in [1.807, 2.05) is 87.8 Å². The van der Waals surface area contributed by atoms with Crippen molar-refractivity contribution < 1.29 is 4.79 Å². The van der Waals surface area contributed by atoms with Gasteiger partial charge in [0.2, 0.25) is 0 Å². The van der Waals surface area contributed by atoms with E-state index >= 15 is 0 Å². The third-order valence-electron chi connectivity index (χ3n) is 6.84. The fraction of sp³-hybridized carbons (Fsp3) is 0.121. The van der Waals surface area contributed by atoms with Crippen molar-refractivity contribution in [3.8, 4) is 23.1 Å². The molecule has 0 saturated carbocycles. The zero-order chi connectivity index (χ0) is 27.6. The standard InChI is InChI=1S/C33H26N6O/c1-21(37-33(40)29-22(2)35-19-27-13-8-16-34-32(27)29)28-17-26-12-7-11-25(15-14-23-18-36-39(3)20-23)30(26)38-31(28)24-9-5-4-6-10-24/h4-13,16-21H,1-3H3,(H,37,40)/t21-/m0/s1. The van der Waals surface area contributed by atoms with Gasteiger partial charge in [-0.1, -0.05) is 54.3 Å². The van der Waals surface area contributed by atoms with E-state index in [0.29, 0.717) is 16.8 Å². The fourth-order valence-electron chi connectivity index (χ4n) is 4.85. The number of nitrogens with one attached hydrogen (secondary N) is 1. The summed E-state index contributed by atoms with van der Waals surface area (Å²) < 4.78 is 1.73. The summed E-state index contributed by atoms with van der Waals surface area (Å²) in [5.41, 5.74) is 6.87. The number of benzene rings is 2. The minimum atomic E-state index is -0.344. The van der Waals surface area contributed by atoms with Gasteiger partial charge in [0.1, 0.15) is 0 Å². The molecule has 0 aliphatic rings. The highest BCUT2D eigenvalue weighted by molar-refractivity contribution is 6.06. The summed E-state index contributed by atoms with van der Waals surface area (Å²) in [5, 5.41) is 9.15. The van der Waals surface area contributed by atoms with E-state index in [0.717, 1.165) is 44.2 Å². The molecule has 1 N–H and O–H groups in total. The molecule has 4 aromatic heterocycles. The lowest BCUT2D eigenvalue weighted by atomic mass is 9.97. The third-order valence-corrected chi connectivity index (χ3v) is 6.84. The number of carbonyl (C=O) groups excluding carboxylic acids is 1. The van der Waals surface area contributed by atoms with Gasteiger partial charge in [-0.2, -0.15) is 5.10 Å². The van der Waals surface area contributed by atoms with E-state index in [9.17, 15) is 4.79 Å². The molecule has 6 rings (SSSR count). The van der Waals surface area contributed by atoms with E-state index in [1.165, 1.54) is 0 Å². The van der Waals surface area contributed by atoms with Gasteiger partial charge in [0.25, 0.3) is 5.91 Å². The molecular weight excluding hydrogens is 496 g/mol. The molecule has 7 heteroatoms. The van der Waals surface area contributed by atoms with E-state index < -0.39 is 0 Å². The van der Waals surface area contributed by atoms with Gasteiger partial charge in [0, 0.05) is 47.5 Å². The Balaban J connectivity index is 1.44. The molecule has 40 heavy (non-hydrogen) atoms. The number of nitrogens with zero attached hydrogens (tertiary/aromatic N) is 5. The predicted octanol–water partition coefficient (Wildman–Crippen LogP) is 5.78. The summed E-state index contributed by atoms with van der Waals surface area (Å²) in [5.74, 6) is 6.24. The highest BCUT2D eigenvalue weighted by Gasteiger charge is 2.21. The Kier molecular flexibility index (Phi) is 6.51. The van der Waals surface area contributed by atoms with Crippen LogP contribution in [0.3, 0.4) is 0 Å². The van der Waals surface area contributed by atoms with E-state index in [4.69, 9.17) is 4.98 Å². The van der Waals surface area contributed by atoms with Crippen LogP contribution in [0.4, 0.5) is 0 Å². The van der Waals surface area contributed by atoms with Crippen LogP contribution in [0.5, 0.6) is 0 Å². The Bertz CT molecular complexity index is 1950. The molecule has 0 aliphatic heterocycles. The molecule has 0 spiro atoms. The molecular formula is C33H26N6O. The molecule has 0 aliphatic carbocycles. The molecule has 0 radical (unpaired) electrons. The minimum Gasteiger partial charge on any atom is -0.345 e. The van der Waals surface area contributed by atoms with Crippen LogP contribution in [0.25, 0.3) is 33.1 Å². The van der Waals surface area contributed by atoms with Gasteiger partial charge in [-0.25, -0.2) is 4.98 Å². The number of rotatable bonds is 4. The Hall–Kier alpha value is -5.35. The second-order valence-electron chi connectivity index (χ2n) is 9.68. The average Bonchev–Trinajstić information content (AvgIpc) is 3.40. The van der Waals surface area contributed by atoms with Crippen molar-refractivity contribution in [2.24, 2.45) is 7.05 Å². The second kappa shape index (κ2) is 10.4. The highest BCUT2D eigenvalue weighted by atomic mass is 16.1. The molecule has 0 unspecified atom stereocenters. The molecule has 2 aromatic carbocycles. The van der Waals surface area contributed by atoms with Gasteiger partial charge >= 0.3 is 0 Å². The van der Waals surface area contributed by atoms with E-state index in [2.05, 4.69) is 38.3 Å². The third kappa shape index (κ3) is 4.79. The first-order valence-corrected chi connectivity index (χ1v) is 13.0. The number of fused-ring (bicyclic) bond motifs is 2. The number of pyridine rings is 3. The molecule has 1 atom stereocenters. The number of hydrogen-bond donors (Lipinski definition) is 1. The monoisotopic (exact) mass is 522 g/mol. The van der Waals surface area contributed by atoms with Crippen LogP contribution in [0.1, 0.15) is 45.7 Å². The van der Waals surface area contributed by atoms with Crippen LogP contribution < -0.4 is 5.32 Å². The number of aryl methyl sites for hydroxylation is 2. The summed E-state index contributed by atoms with van der Waals surface area (Å²) in [6.45, 7) is 3.80. The summed E-state index contributed by atoms with van der Waals surface area (Å²) >= 11 is 0. The molecule has 0 bridgehead atoms. The van der Waals surface area contributed by atoms with Crippen molar-refractivity contribution in [2.45, 2.75) is 19.9 Å². The van der Waals surface area contributed by atoms with Gasteiger partial charge in [-0.05, 0) is 38.1 Å². The van der Waals surface area contributed by atoms with Crippen molar-refractivity contribution >= 4 is 27.7 Å². The van der Waals surface area contributed by atoms with Gasteiger partial charge in [-0.15, -0.1) is 0 Å². The van der Waals surface area contributed by atoms with Crippen molar-refractivity contribution in [3.63, 3.8) is 0 Å². The maximum Gasteiger partial charge on any atom is 0.255 e. The first-order valence-electron chi connectivity index (χ1n) is 13.0. The van der Waals surface area contributed by atoms with Gasteiger partial charge in [-0.3, -0.25) is 19.4 Å². The molecule has 0 saturated heterocycles. The lowest BCUT2D eigenvalue weighted by Crippen LogP contribution is -2.28. The topological polar surface area (TPSA) is 85.6 Å². The lowest BCUT2D eigenvalue weighted by Gasteiger charge is -2.20. The average molecular weight is 523 g/mol. The van der Waals surface area contributed by atoms with Crippen LogP contribution in [0.2, 0.25) is 0 Å². The second-order valence-corrected chi connectivity index (χ2v) is 9.68. The highest BCUT2D eigenvalue weighted by Crippen LogP contribution is 2.31. The molecule has 6 aromatic rings. The first kappa shape index (κ1) is 25.0. The summed E-state index contributed by atoms with van der Waals surface area (Å²) in [6.07, 6.45) is 7.06. The summed E-state index contributed by atoms with van der Waals surface area (Å²) in [4.78, 5) is 27.6. The zero-order valence-corrected chi connectivity index (χ0v) is 22.4. The van der Waals surface area contributed by atoms with Crippen LogP contribution in [-0.2, 0) is 7.05 Å². The van der Waals surface area contributed by atoms with Gasteiger partial charge in [0.05, 0.1) is 51.4 Å². The molecule has 4 heterocycles. The largest absolute Gasteiger partial charge is 0.345 e. The molecule has 0 fully saturated rings. The SMILES string of the molecule is Cc1ncc2cccnc2c1C(=O)N[C@@H](C)c1cc2cccc(C#Cc3cnn(C)c3)c2nc1-c1ccccc1. The molecule has 194 valence electrons. The fourth-order valence-corrected chi connectivity index (χ4v) is 4.85. The summed E-state index contributed by atoms with van der Waals surface area (Å²) in [6, 6.07) is 21.5. The minimum absolute atomic E-state index is 0.225. The Morgan fingerprint density at radius 3 is 2.55 bits per heavy atom. The number of aromatic nitrogens is 5. The Morgan fingerprint density at radius 2 is 1.75 bits per heavy atom. The van der Waals surface area contributed by atoms with Crippen molar-refractivity contribution in [1.29, 1.82) is 0 Å². The first-order chi connectivity index (χ1) is 19.5. The maximum absolute atomic E-state index is 13.6. The van der Waals surface area contributed by atoms with Crippen molar-refractivity contribution in [3.05, 3.63) is 119 Å². The normalized spacial score (nSPS) is 11.7. The number of hydrogen-bond acceptors (Lipinski definition) is 5. The van der Waals surface area contributed by atoms with Crippen LogP contribution in [0, 0.1) is 18.8 Å². The van der Waals surface area contributed by atoms with Gasteiger partial charge in [0.15, 0.2) is 0 Å². The Labute approximate surface area is 231 Å². The molecule has 7 nitrogen and oxygen atoms in total. The van der Waals surface area contributed by atoms with Crippen LogP contribution in [-0.4, -0.2) is 30.6 Å². The smallest absolute Gasteiger partial charge is 0.255 e. The van der Waals surface area contributed by atoms with E-state index in [-0.39, 0.29) is 11.9 Å². The van der Waals surface area contributed by atoms with E-state index in [1.54, 1.807) is 23.3 Å². The maximum atomic E-state index is 13.6. The molecule has 1 amide bonds. The van der Waals surface area contributed by atoms with Crippen molar-refractivity contribution in [1.82, 2.24) is 30.0 Å². The van der Waals surface area contributed by atoms with Crippen LogP contribution in [0.15, 0.2) is 91.5 Å². The van der Waals surface area contributed by atoms with Gasteiger partial charge < -0.3 is 5.32 Å².